The Bertz CT molecular complexity index is 569. The van der Waals surface area contributed by atoms with Crippen LogP contribution in [0.15, 0.2) is 40.5 Å². The number of carbonyl (C=O) groups is 1. The van der Waals surface area contributed by atoms with Crippen molar-refractivity contribution >= 4 is 12.0 Å². The summed E-state index contributed by atoms with van der Waals surface area (Å²) in [5.74, 6) is 0.0845. The first-order valence-corrected chi connectivity index (χ1v) is 12.3. The summed E-state index contributed by atoms with van der Waals surface area (Å²) < 4.78 is 5.37. The third-order valence-corrected chi connectivity index (χ3v) is 5.56. The van der Waals surface area contributed by atoms with Crippen LogP contribution in [-0.2, 0) is 4.79 Å². The zero-order chi connectivity index (χ0) is 21.7. The van der Waals surface area contributed by atoms with E-state index in [4.69, 9.17) is 9.52 Å². The van der Waals surface area contributed by atoms with Crippen molar-refractivity contribution < 1.29 is 14.3 Å². The molecular weight excluding hydrogens is 372 g/mol. The van der Waals surface area contributed by atoms with Gasteiger partial charge in [0, 0.05) is 6.42 Å². The zero-order valence-electron chi connectivity index (χ0n) is 19.2. The summed E-state index contributed by atoms with van der Waals surface area (Å²) in [5, 5.41) is 8.95. The van der Waals surface area contributed by atoms with Gasteiger partial charge in [-0.25, -0.2) is 0 Å². The van der Waals surface area contributed by atoms with Crippen LogP contribution in [0.5, 0.6) is 0 Å². The fourth-order valence-electron chi connectivity index (χ4n) is 3.71. The quantitative estimate of drug-likeness (QED) is 0.170. The van der Waals surface area contributed by atoms with Crippen LogP contribution in [0.1, 0.15) is 122 Å². The fourth-order valence-corrected chi connectivity index (χ4v) is 3.71. The van der Waals surface area contributed by atoms with E-state index in [0.29, 0.717) is 6.42 Å². The maximum Gasteiger partial charge on any atom is 0.303 e. The predicted molar refractivity (Wildman–Crippen MR) is 128 cm³/mol. The summed E-state index contributed by atoms with van der Waals surface area (Å²) in [6.45, 7) is 2.27. The van der Waals surface area contributed by atoms with Crippen LogP contribution in [0.3, 0.4) is 0 Å². The summed E-state index contributed by atoms with van der Waals surface area (Å²) in [5.41, 5.74) is 1.18. The van der Waals surface area contributed by atoms with Crippen molar-refractivity contribution in [2.75, 3.05) is 0 Å². The molecule has 170 valence electrons. The van der Waals surface area contributed by atoms with E-state index in [1.807, 2.05) is 18.2 Å². The lowest BCUT2D eigenvalue weighted by atomic mass is 10.0. The lowest BCUT2D eigenvalue weighted by molar-refractivity contribution is -0.136. The van der Waals surface area contributed by atoms with Crippen LogP contribution in [-0.4, -0.2) is 11.1 Å². The molecule has 1 heterocycles. The van der Waals surface area contributed by atoms with Crippen molar-refractivity contribution in [1.82, 2.24) is 0 Å². The van der Waals surface area contributed by atoms with E-state index in [1.54, 1.807) is 6.26 Å². The topological polar surface area (TPSA) is 50.4 Å². The van der Waals surface area contributed by atoms with Gasteiger partial charge in [-0.05, 0) is 63.2 Å². The lowest BCUT2D eigenvalue weighted by Gasteiger charge is -2.06. The van der Waals surface area contributed by atoms with Crippen LogP contribution in [0, 0.1) is 0 Å². The fraction of sp³-hybridized carbons (Fsp3) is 0.667. The minimum Gasteiger partial charge on any atom is -0.481 e. The molecule has 30 heavy (non-hydrogen) atoms. The number of aliphatic carboxylic acids is 1. The van der Waals surface area contributed by atoms with E-state index in [1.165, 1.54) is 89.0 Å². The number of hydrogen-bond acceptors (Lipinski definition) is 2. The first-order valence-electron chi connectivity index (χ1n) is 12.3. The number of carboxylic acids is 1. The van der Waals surface area contributed by atoms with Gasteiger partial charge in [-0.1, -0.05) is 82.4 Å². The summed E-state index contributed by atoms with van der Waals surface area (Å²) in [6.07, 6.45) is 28.5. The number of carboxylic acid groups (broad SMARTS) is 1. The Labute approximate surface area is 184 Å². The van der Waals surface area contributed by atoms with Gasteiger partial charge in [0.2, 0.25) is 0 Å². The first kappa shape index (κ1) is 26.3. The molecule has 1 N–H and O–H groups in total. The van der Waals surface area contributed by atoms with Crippen LogP contribution >= 0.6 is 0 Å². The second-order valence-electron chi connectivity index (χ2n) is 8.40. The van der Waals surface area contributed by atoms with Gasteiger partial charge in [-0.2, -0.15) is 0 Å². The highest BCUT2D eigenvalue weighted by atomic mass is 16.4. The normalized spacial score (nSPS) is 12.1. The summed E-state index contributed by atoms with van der Waals surface area (Å²) in [6, 6.07) is 3.79. The van der Waals surface area contributed by atoms with E-state index in [-0.39, 0.29) is 6.42 Å². The molecule has 1 rings (SSSR count). The Kier molecular flexibility index (Phi) is 16.8. The summed E-state index contributed by atoms with van der Waals surface area (Å²) in [4.78, 5) is 10.9. The molecular formula is C27H44O3. The maximum absolute atomic E-state index is 10.9. The highest BCUT2D eigenvalue weighted by molar-refractivity contribution is 5.67. The lowest BCUT2D eigenvalue weighted by Crippen LogP contribution is -1.96. The molecule has 0 unspecified atom stereocenters. The van der Waals surface area contributed by atoms with Crippen molar-refractivity contribution in [2.45, 2.75) is 116 Å². The SMILES string of the molecule is CCCCCCCC/C=C/CCCCCCCC/C(=C/c1ccco1)CCC(=O)O. The number of allylic oxidation sites excluding steroid dienone is 3. The number of furan rings is 1. The maximum atomic E-state index is 10.9. The van der Waals surface area contributed by atoms with E-state index >= 15 is 0 Å². The molecule has 0 amide bonds. The Morgan fingerprint density at radius 3 is 2.00 bits per heavy atom. The van der Waals surface area contributed by atoms with Gasteiger partial charge in [0.25, 0.3) is 0 Å². The van der Waals surface area contributed by atoms with Crippen molar-refractivity contribution in [3.8, 4) is 0 Å². The second kappa shape index (κ2) is 19.2. The third kappa shape index (κ3) is 16.1. The molecule has 0 saturated carbocycles. The molecule has 0 aliphatic rings. The molecule has 0 aromatic carbocycles. The Morgan fingerprint density at radius 1 is 0.833 bits per heavy atom. The van der Waals surface area contributed by atoms with Crippen molar-refractivity contribution in [3.05, 3.63) is 41.9 Å². The van der Waals surface area contributed by atoms with Crippen molar-refractivity contribution in [3.63, 3.8) is 0 Å². The van der Waals surface area contributed by atoms with E-state index < -0.39 is 5.97 Å². The summed E-state index contributed by atoms with van der Waals surface area (Å²) >= 11 is 0. The average molecular weight is 417 g/mol. The molecule has 0 fully saturated rings. The Balaban J connectivity index is 1.99. The van der Waals surface area contributed by atoms with Gasteiger partial charge >= 0.3 is 5.97 Å². The van der Waals surface area contributed by atoms with Gasteiger partial charge in [-0.15, -0.1) is 0 Å². The smallest absolute Gasteiger partial charge is 0.303 e. The number of hydrogen-bond donors (Lipinski definition) is 1. The first-order chi connectivity index (χ1) is 14.7. The van der Waals surface area contributed by atoms with Gasteiger partial charge in [0.05, 0.1) is 6.26 Å². The van der Waals surface area contributed by atoms with E-state index in [0.717, 1.165) is 18.6 Å². The minimum absolute atomic E-state index is 0.193. The molecule has 0 atom stereocenters. The van der Waals surface area contributed by atoms with Crippen LogP contribution in [0.2, 0.25) is 0 Å². The van der Waals surface area contributed by atoms with Gasteiger partial charge in [0.1, 0.15) is 5.76 Å². The van der Waals surface area contributed by atoms with Gasteiger partial charge in [0.15, 0.2) is 0 Å². The predicted octanol–water partition coefficient (Wildman–Crippen LogP) is 8.96. The number of rotatable bonds is 20. The highest BCUT2D eigenvalue weighted by Crippen LogP contribution is 2.20. The number of unbranched alkanes of at least 4 members (excludes halogenated alkanes) is 12. The second-order valence-corrected chi connectivity index (χ2v) is 8.40. The molecule has 3 nitrogen and oxygen atoms in total. The van der Waals surface area contributed by atoms with E-state index in [9.17, 15) is 4.79 Å². The molecule has 1 aromatic heterocycles. The molecule has 3 heteroatoms. The largest absolute Gasteiger partial charge is 0.481 e. The van der Waals surface area contributed by atoms with Gasteiger partial charge < -0.3 is 9.52 Å². The molecule has 0 bridgehead atoms. The van der Waals surface area contributed by atoms with Crippen molar-refractivity contribution in [2.24, 2.45) is 0 Å². The third-order valence-electron chi connectivity index (χ3n) is 5.56. The molecule has 0 radical (unpaired) electrons. The minimum atomic E-state index is -0.735. The van der Waals surface area contributed by atoms with E-state index in [2.05, 4.69) is 19.1 Å². The molecule has 0 spiro atoms. The molecule has 0 aliphatic carbocycles. The zero-order valence-corrected chi connectivity index (χ0v) is 19.2. The summed E-state index contributed by atoms with van der Waals surface area (Å²) in [7, 11) is 0. The Morgan fingerprint density at radius 2 is 1.43 bits per heavy atom. The average Bonchev–Trinajstić information content (AvgIpc) is 3.24. The Hall–Kier alpha value is -1.77. The van der Waals surface area contributed by atoms with Crippen molar-refractivity contribution in [1.29, 1.82) is 0 Å². The standard InChI is InChI=1S/C27H44O3/c1-2-3-4-5-6-7-8-9-10-11-12-13-14-15-16-17-19-25(21-22-27(28)29)24-26-20-18-23-30-26/h9-10,18,20,23-24H,2-8,11-17,19,21-22H2,1H3,(H,28,29)/b10-9+,25-24-. The van der Waals surface area contributed by atoms with Crippen LogP contribution in [0.4, 0.5) is 0 Å². The molecule has 0 aliphatic heterocycles. The molecule has 1 aromatic rings. The van der Waals surface area contributed by atoms with Gasteiger partial charge in [-0.3, -0.25) is 4.79 Å². The van der Waals surface area contributed by atoms with Crippen LogP contribution < -0.4 is 0 Å². The highest BCUT2D eigenvalue weighted by Gasteiger charge is 2.04. The monoisotopic (exact) mass is 416 g/mol. The van der Waals surface area contributed by atoms with Crippen LogP contribution in [0.25, 0.3) is 6.08 Å². The molecule has 0 saturated heterocycles.